The number of aromatic nitrogens is 2. The Hall–Kier alpha value is -4.29. The standard InChI is InChI=1S/C28H23FN2O5S/c1-5-17-10-11-20-23(12-17)30-28-26(20)27(32)22-15-25(35-6-2)21(14-24(22)31(28)16(3)4)18-8-7-9-19(13-18)36-37(29,33)34/h1,7-16,30H,6H2,2-4H3. The molecule has 0 amide bonds. The van der Waals surface area contributed by atoms with E-state index in [0.29, 0.717) is 51.0 Å². The van der Waals surface area contributed by atoms with Crippen LogP contribution in [-0.2, 0) is 10.5 Å². The lowest BCUT2D eigenvalue weighted by atomic mass is 10.00. The highest BCUT2D eigenvalue weighted by Crippen LogP contribution is 2.38. The van der Waals surface area contributed by atoms with E-state index >= 15 is 0 Å². The van der Waals surface area contributed by atoms with Gasteiger partial charge in [-0.05, 0) is 62.7 Å². The molecule has 188 valence electrons. The fourth-order valence-electron chi connectivity index (χ4n) is 4.76. The number of nitrogens with one attached hydrogen (secondary N) is 1. The highest BCUT2D eigenvalue weighted by molar-refractivity contribution is 7.81. The normalized spacial score (nSPS) is 11.9. The van der Waals surface area contributed by atoms with E-state index in [9.17, 15) is 17.1 Å². The van der Waals surface area contributed by atoms with Crippen molar-refractivity contribution in [1.29, 1.82) is 0 Å². The third-order valence-corrected chi connectivity index (χ3v) is 6.56. The Bertz CT molecular complexity index is 1910. The fourth-order valence-corrected chi connectivity index (χ4v) is 5.09. The van der Waals surface area contributed by atoms with Gasteiger partial charge >= 0.3 is 10.5 Å². The second kappa shape index (κ2) is 8.98. The number of H-pyrrole nitrogens is 1. The maximum absolute atomic E-state index is 13.8. The van der Waals surface area contributed by atoms with Gasteiger partial charge in [0, 0.05) is 28.1 Å². The van der Waals surface area contributed by atoms with Crippen molar-refractivity contribution in [2.45, 2.75) is 26.8 Å². The third kappa shape index (κ3) is 4.30. The molecule has 0 unspecified atom stereocenters. The molecule has 9 heteroatoms. The molecule has 3 aromatic carbocycles. The van der Waals surface area contributed by atoms with Crippen molar-refractivity contribution in [3.05, 3.63) is 70.4 Å². The molecule has 0 fully saturated rings. The Kier molecular flexibility index (Phi) is 5.92. The molecule has 5 aromatic rings. The second-order valence-corrected chi connectivity index (χ2v) is 9.80. The highest BCUT2D eigenvalue weighted by atomic mass is 32.3. The molecule has 37 heavy (non-hydrogen) atoms. The molecule has 0 aliphatic rings. The maximum atomic E-state index is 13.8. The van der Waals surface area contributed by atoms with E-state index in [2.05, 4.69) is 15.1 Å². The first kappa shape index (κ1) is 24.4. The fraction of sp³-hybridized carbons (Fsp3) is 0.179. The van der Waals surface area contributed by atoms with E-state index in [0.717, 1.165) is 10.9 Å². The van der Waals surface area contributed by atoms with Crippen LogP contribution in [0.5, 0.6) is 11.5 Å². The van der Waals surface area contributed by atoms with E-state index in [1.54, 1.807) is 24.3 Å². The summed E-state index contributed by atoms with van der Waals surface area (Å²) in [5, 5.41) is 1.79. The zero-order valence-corrected chi connectivity index (χ0v) is 21.1. The molecule has 2 aromatic heterocycles. The van der Waals surface area contributed by atoms with E-state index < -0.39 is 10.5 Å². The molecule has 1 N–H and O–H groups in total. The van der Waals surface area contributed by atoms with E-state index in [4.69, 9.17) is 11.2 Å². The number of nitrogens with zero attached hydrogens (tertiary/aromatic N) is 1. The summed E-state index contributed by atoms with van der Waals surface area (Å²) in [7, 11) is -5.19. The minimum atomic E-state index is -5.19. The largest absolute Gasteiger partial charge is 0.493 e. The predicted molar refractivity (Wildman–Crippen MR) is 143 cm³/mol. The van der Waals surface area contributed by atoms with Crippen LogP contribution in [0.4, 0.5) is 3.89 Å². The summed E-state index contributed by atoms with van der Waals surface area (Å²) < 4.78 is 47.6. The molecular weight excluding hydrogens is 495 g/mol. The number of terminal acetylenes is 1. The lowest BCUT2D eigenvalue weighted by molar-refractivity contribution is 0.342. The predicted octanol–water partition coefficient (Wildman–Crippen LogP) is 5.86. The van der Waals surface area contributed by atoms with Crippen molar-refractivity contribution >= 4 is 43.3 Å². The van der Waals surface area contributed by atoms with Gasteiger partial charge in [-0.15, -0.1) is 6.42 Å². The lowest BCUT2D eigenvalue weighted by Gasteiger charge is -2.19. The Morgan fingerprint density at radius 3 is 2.57 bits per heavy atom. The van der Waals surface area contributed by atoms with Crippen molar-refractivity contribution < 1.29 is 21.2 Å². The summed E-state index contributed by atoms with van der Waals surface area (Å²) in [5.74, 6) is 2.87. The molecular formula is C28H23FN2O5S. The zero-order chi connectivity index (χ0) is 26.5. The minimum absolute atomic E-state index is 0.0390. The number of hydrogen-bond acceptors (Lipinski definition) is 5. The first-order valence-corrected chi connectivity index (χ1v) is 12.9. The molecule has 0 saturated heterocycles. The molecule has 0 saturated carbocycles. The minimum Gasteiger partial charge on any atom is -0.493 e. The van der Waals surface area contributed by atoms with Crippen LogP contribution in [0.15, 0.2) is 59.4 Å². The number of ether oxygens (including phenoxy) is 1. The van der Waals surface area contributed by atoms with Gasteiger partial charge in [-0.3, -0.25) is 4.79 Å². The number of pyridine rings is 1. The number of hydrogen-bond donors (Lipinski definition) is 1. The van der Waals surface area contributed by atoms with Gasteiger partial charge in [0.2, 0.25) is 0 Å². The van der Waals surface area contributed by atoms with Crippen molar-refractivity contribution in [2.24, 2.45) is 0 Å². The molecule has 0 aliphatic carbocycles. The average Bonchev–Trinajstić information content (AvgIpc) is 3.21. The Balaban J connectivity index is 1.88. The smallest absolute Gasteiger partial charge is 0.488 e. The topological polar surface area (TPSA) is 90.4 Å². The van der Waals surface area contributed by atoms with Crippen LogP contribution in [0.1, 0.15) is 32.4 Å². The SMILES string of the molecule is C#Cc1ccc2c(c1)[nH]c1c2c(=O)c2cc(OCC)c(-c3cccc(OS(=O)(=O)F)c3)cc2n1C(C)C. The molecule has 2 heterocycles. The maximum Gasteiger partial charge on any atom is 0.488 e. The third-order valence-electron chi connectivity index (χ3n) is 6.17. The van der Waals surface area contributed by atoms with Crippen LogP contribution >= 0.6 is 0 Å². The van der Waals surface area contributed by atoms with Crippen LogP contribution < -0.4 is 14.3 Å². The van der Waals surface area contributed by atoms with Gasteiger partial charge in [-0.2, -0.15) is 8.42 Å². The van der Waals surface area contributed by atoms with E-state index in [-0.39, 0.29) is 17.2 Å². The summed E-state index contributed by atoms with van der Waals surface area (Å²) >= 11 is 0. The van der Waals surface area contributed by atoms with Gasteiger partial charge in [-0.25, -0.2) is 0 Å². The van der Waals surface area contributed by atoms with Crippen LogP contribution in [0, 0.1) is 12.3 Å². The summed E-state index contributed by atoms with van der Waals surface area (Å²) in [5.41, 5.74) is 3.74. The number of benzene rings is 3. The van der Waals surface area contributed by atoms with Gasteiger partial charge in [0.15, 0.2) is 5.43 Å². The first-order valence-electron chi connectivity index (χ1n) is 11.6. The monoisotopic (exact) mass is 518 g/mol. The molecule has 5 rings (SSSR count). The van der Waals surface area contributed by atoms with Gasteiger partial charge in [0.05, 0.1) is 22.9 Å². The summed E-state index contributed by atoms with van der Waals surface area (Å²) in [6, 6.07) is 15.0. The lowest BCUT2D eigenvalue weighted by Crippen LogP contribution is -2.13. The van der Waals surface area contributed by atoms with Gasteiger partial charge < -0.3 is 18.5 Å². The van der Waals surface area contributed by atoms with E-state index in [1.807, 2.05) is 43.5 Å². The quantitative estimate of drug-likeness (QED) is 0.225. The summed E-state index contributed by atoms with van der Waals surface area (Å²) in [4.78, 5) is 17.2. The van der Waals surface area contributed by atoms with Crippen LogP contribution in [0.2, 0.25) is 0 Å². The van der Waals surface area contributed by atoms with E-state index in [1.165, 1.54) is 12.1 Å². The second-order valence-electron chi connectivity index (χ2n) is 8.85. The zero-order valence-electron chi connectivity index (χ0n) is 20.3. The van der Waals surface area contributed by atoms with Crippen LogP contribution in [0.3, 0.4) is 0 Å². The Morgan fingerprint density at radius 1 is 1.11 bits per heavy atom. The van der Waals surface area contributed by atoms with Gasteiger partial charge in [-0.1, -0.05) is 28.0 Å². The van der Waals surface area contributed by atoms with Crippen molar-refractivity contribution in [3.8, 4) is 35.0 Å². The van der Waals surface area contributed by atoms with Crippen molar-refractivity contribution in [1.82, 2.24) is 9.55 Å². The van der Waals surface area contributed by atoms with Crippen molar-refractivity contribution in [2.75, 3.05) is 6.61 Å². The van der Waals surface area contributed by atoms with Gasteiger partial charge in [0.1, 0.15) is 17.1 Å². The molecule has 0 radical (unpaired) electrons. The number of aromatic amines is 1. The van der Waals surface area contributed by atoms with Gasteiger partial charge in [0.25, 0.3) is 0 Å². The van der Waals surface area contributed by atoms with Crippen molar-refractivity contribution in [3.63, 3.8) is 0 Å². The molecule has 7 nitrogen and oxygen atoms in total. The highest BCUT2D eigenvalue weighted by Gasteiger charge is 2.21. The van der Waals surface area contributed by atoms with Crippen LogP contribution in [0.25, 0.3) is 44.0 Å². The molecule has 0 spiro atoms. The summed E-state index contributed by atoms with van der Waals surface area (Å²) in [6.45, 7) is 6.18. The number of halogens is 1. The molecule has 0 bridgehead atoms. The Morgan fingerprint density at radius 2 is 1.89 bits per heavy atom. The first-order chi connectivity index (χ1) is 17.6. The Labute approximate surface area is 212 Å². The number of fused-ring (bicyclic) bond motifs is 4. The molecule has 0 atom stereocenters. The average molecular weight is 519 g/mol. The molecule has 0 aliphatic heterocycles. The van der Waals surface area contributed by atoms with Crippen LogP contribution in [-0.4, -0.2) is 24.6 Å². The summed E-state index contributed by atoms with van der Waals surface area (Å²) in [6.07, 6.45) is 5.58. The number of rotatable bonds is 6.